The molecule has 94 valence electrons. The largest absolute Gasteiger partial charge is 0.381 e. The average Bonchev–Trinajstić information content (AvgIpc) is 2.40. The Bertz CT molecular complexity index is 322. The normalized spacial score (nSPS) is 21.1. The van der Waals surface area contributed by atoms with E-state index in [4.69, 9.17) is 4.74 Å². The van der Waals surface area contributed by atoms with Crippen LogP contribution in [0.5, 0.6) is 0 Å². The van der Waals surface area contributed by atoms with Gasteiger partial charge in [-0.1, -0.05) is 0 Å². The molecule has 2 heterocycles. The van der Waals surface area contributed by atoms with Crippen LogP contribution < -0.4 is 5.32 Å². The third kappa shape index (κ3) is 3.51. The van der Waals surface area contributed by atoms with Crippen LogP contribution in [0.2, 0.25) is 0 Å². The molecule has 0 aromatic carbocycles. The van der Waals surface area contributed by atoms with Crippen molar-refractivity contribution in [1.29, 1.82) is 0 Å². The molecule has 1 aliphatic rings. The molecule has 2 rings (SSSR count). The Labute approximate surface area is 104 Å². The van der Waals surface area contributed by atoms with Gasteiger partial charge in [-0.25, -0.2) is 0 Å². The molecule has 1 saturated heterocycles. The molecule has 1 N–H and O–H groups in total. The Morgan fingerprint density at radius 2 is 1.88 bits per heavy atom. The highest BCUT2D eigenvalue weighted by molar-refractivity contribution is 5.14. The summed E-state index contributed by atoms with van der Waals surface area (Å²) in [7, 11) is 0. The molecule has 2 atom stereocenters. The highest BCUT2D eigenvalue weighted by atomic mass is 16.5. The van der Waals surface area contributed by atoms with Crippen molar-refractivity contribution in [3.05, 3.63) is 30.1 Å². The van der Waals surface area contributed by atoms with Crippen LogP contribution in [-0.2, 0) is 4.74 Å². The quantitative estimate of drug-likeness (QED) is 0.869. The smallest absolute Gasteiger partial charge is 0.0469 e. The highest BCUT2D eigenvalue weighted by Gasteiger charge is 2.21. The zero-order valence-electron chi connectivity index (χ0n) is 10.7. The Kier molecular flexibility index (Phi) is 4.51. The topological polar surface area (TPSA) is 34.1 Å². The van der Waals surface area contributed by atoms with E-state index in [0.717, 1.165) is 19.1 Å². The summed E-state index contributed by atoms with van der Waals surface area (Å²) in [5, 5.41) is 3.68. The van der Waals surface area contributed by atoms with Crippen LogP contribution in [0.25, 0.3) is 0 Å². The van der Waals surface area contributed by atoms with Crippen molar-refractivity contribution in [2.24, 2.45) is 5.92 Å². The lowest BCUT2D eigenvalue weighted by atomic mass is 9.92. The number of pyridine rings is 1. The van der Waals surface area contributed by atoms with Gasteiger partial charge in [0.1, 0.15) is 0 Å². The summed E-state index contributed by atoms with van der Waals surface area (Å²) in [6.45, 7) is 6.33. The van der Waals surface area contributed by atoms with E-state index in [9.17, 15) is 0 Å². The fourth-order valence-electron chi connectivity index (χ4n) is 2.49. The SMILES string of the molecule is CC(NC(C)C1CCOCC1)c1ccncc1. The lowest BCUT2D eigenvalue weighted by molar-refractivity contribution is 0.0547. The highest BCUT2D eigenvalue weighted by Crippen LogP contribution is 2.21. The second-order valence-electron chi connectivity index (χ2n) is 4.91. The molecule has 1 aromatic rings. The van der Waals surface area contributed by atoms with Gasteiger partial charge in [0, 0.05) is 37.7 Å². The molecule has 2 unspecified atom stereocenters. The third-order valence-corrected chi connectivity index (χ3v) is 3.69. The van der Waals surface area contributed by atoms with E-state index >= 15 is 0 Å². The van der Waals surface area contributed by atoms with Crippen LogP contribution in [0.15, 0.2) is 24.5 Å². The fourth-order valence-corrected chi connectivity index (χ4v) is 2.49. The molecule has 0 aliphatic carbocycles. The van der Waals surface area contributed by atoms with Crippen molar-refractivity contribution in [1.82, 2.24) is 10.3 Å². The van der Waals surface area contributed by atoms with Crippen LogP contribution in [0, 0.1) is 5.92 Å². The third-order valence-electron chi connectivity index (χ3n) is 3.69. The Morgan fingerprint density at radius 1 is 1.24 bits per heavy atom. The zero-order chi connectivity index (χ0) is 12.1. The summed E-state index contributed by atoms with van der Waals surface area (Å²) in [6.07, 6.45) is 6.06. The first-order valence-electron chi connectivity index (χ1n) is 6.51. The first kappa shape index (κ1) is 12.5. The number of nitrogens with one attached hydrogen (secondary N) is 1. The molecule has 3 heteroatoms. The summed E-state index contributed by atoms with van der Waals surface area (Å²) in [5.41, 5.74) is 1.30. The molecule has 0 bridgehead atoms. The van der Waals surface area contributed by atoms with E-state index in [1.807, 2.05) is 12.4 Å². The Balaban J connectivity index is 1.87. The molecular formula is C14H22N2O. The van der Waals surface area contributed by atoms with Gasteiger partial charge in [0.05, 0.1) is 0 Å². The first-order valence-corrected chi connectivity index (χ1v) is 6.51. The summed E-state index contributed by atoms with van der Waals surface area (Å²) >= 11 is 0. The van der Waals surface area contributed by atoms with Crippen molar-refractivity contribution in [2.75, 3.05) is 13.2 Å². The zero-order valence-corrected chi connectivity index (χ0v) is 10.7. The van der Waals surface area contributed by atoms with Crippen LogP contribution in [0.4, 0.5) is 0 Å². The van der Waals surface area contributed by atoms with Crippen molar-refractivity contribution >= 4 is 0 Å². The van der Waals surface area contributed by atoms with Gasteiger partial charge in [0.25, 0.3) is 0 Å². The number of rotatable bonds is 4. The van der Waals surface area contributed by atoms with Crippen LogP contribution in [-0.4, -0.2) is 24.2 Å². The fraction of sp³-hybridized carbons (Fsp3) is 0.643. The summed E-state index contributed by atoms with van der Waals surface area (Å²) in [5.74, 6) is 0.744. The average molecular weight is 234 g/mol. The van der Waals surface area contributed by atoms with Gasteiger partial charge in [0.2, 0.25) is 0 Å². The molecule has 0 amide bonds. The molecule has 0 spiro atoms. The minimum Gasteiger partial charge on any atom is -0.381 e. The van der Waals surface area contributed by atoms with Crippen molar-refractivity contribution in [3.8, 4) is 0 Å². The van der Waals surface area contributed by atoms with Gasteiger partial charge in [-0.2, -0.15) is 0 Å². The number of ether oxygens (including phenoxy) is 1. The van der Waals surface area contributed by atoms with Gasteiger partial charge in [0.15, 0.2) is 0 Å². The molecule has 17 heavy (non-hydrogen) atoms. The van der Waals surface area contributed by atoms with E-state index < -0.39 is 0 Å². The van der Waals surface area contributed by atoms with Gasteiger partial charge in [-0.15, -0.1) is 0 Å². The molecule has 1 aliphatic heterocycles. The van der Waals surface area contributed by atoms with E-state index in [-0.39, 0.29) is 0 Å². The van der Waals surface area contributed by atoms with Crippen LogP contribution in [0.3, 0.4) is 0 Å². The molecular weight excluding hydrogens is 212 g/mol. The molecule has 1 aromatic heterocycles. The maximum atomic E-state index is 5.40. The van der Waals surface area contributed by atoms with Crippen molar-refractivity contribution < 1.29 is 4.74 Å². The predicted molar refractivity (Wildman–Crippen MR) is 68.8 cm³/mol. The first-order chi connectivity index (χ1) is 8.27. The maximum absolute atomic E-state index is 5.40. The van der Waals surface area contributed by atoms with E-state index in [1.165, 1.54) is 18.4 Å². The summed E-state index contributed by atoms with van der Waals surface area (Å²) < 4.78 is 5.40. The van der Waals surface area contributed by atoms with Crippen LogP contribution >= 0.6 is 0 Å². The minimum absolute atomic E-state index is 0.385. The number of aromatic nitrogens is 1. The van der Waals surface area contributed by atoms with Crippen molar-refractivity contribution in [2.45, 2.75) is 38.8 Å². The minimum atomic E-state index is 0.385. The van der Waals surface area contributed by atoms with Gasteiger partial charge in [-0.3, -0.25) is 4.98 Å². The lowest BCUT2D eigenvalue weighted by Gasteiger charge is -2.30. The molecule has 0 saturated carbocycles. The summed E-state index contributed by atoms with van der Waals surface area (Å²) in [6, 6.07) is 5.08. The molecule has 0 radical (unpaired) electrons. The summed E-state index contributed by atoms with van der Waals surface area (Å²) in [4.78, 5) is 4.05. The van der Waals surface area contributed by atoms with E-state index in [1.54, 1.807) is 0 Å². The maximum Gasteiger partial charge on any atom is 0.0469 e. The van der Waals surface area contributed by atoms with Gasteiger partial charge < -0.3 is 10.1 Å². The van der Waals surface area contributed by atoms with Crippen LogP contribution in [0.1, 0.15) is 38.3 Å². The second-order valence-corrected chi connectivity index (χ2v) is 4.91. The number of hydrogen-bond donors (Lipinski definition) is 1. The lowest BCUT2D eigenvalue weighted by Crippen LogP contribution is -2.38. The Morgan fingerprint density at radius 3 is 2.53 bits per heavy atom. The van der Waals surface area contributed by atoms with E-state index in [0.29, 0.717) is 12.1 Å². The van der Waals surface area contributed by atoms with Gasteiger partial charge >= 0.3 is 0 Å². The monoisotopic (exact) mass is 234 g/mol. The number of nitrogens with zero attached hydrogens (tertiary/aromatic N) is 1. The van der Waals surface area contributed by atoms with E-state index in [2.05, 4.69) is 36.3 Å². The van der Waals surface area contributed by atoms with Crippen molar-refractivity contribution in [3.63, 3.8) is 0 Å². The molecule has 3 nitrogen and oxygen atoms in total. The Hall–Kier alpha value is -0.930. The standard InChI is InChI=1S/C14H22N2O/c1-11(13-3-7-15-8-4-13)16-12(2)14-5-9-17-10-6-14/h3-4,7-8,11-12,14,16H,5-6,9-10H2,1-2H3. The molecule has 1 fully saturated rings. The van der Waals surface area contributed by atoms with Gasteiger partial charge in [-0.05, 0) is 50.3 Å². The number of hydrogen-bond acceptors (Lipinski definition) is 3. The second kappa shape index (κ2) is 6.12. The predicted octanol–water partition coefficient (Wildman–Crippen LogP) is 2.55.